The van der Waals surface area contributed by atoms with Gasteiger partial charge in [0.2, 0.25) is 0 Å². The molecule has 0 saturated carbocycles. The Bertz CT molecular complexity index is 819. The van der Waals surface area contributed by atoms with Gasteiger partial charge in [-0.25, -0.2) is 4.79 Å². The number of ether oxygens (including phenoxy) is 1. The summed E-state index contributed by atoms with van der Waals surface area (Å²) in [5.41, 5.74) is 2.88. The number of aromatic hydroxyl groups is 1. The first-order valence-electron chi connectivity index (χ1n) is 6.60. The Labute approximate surface area is 136 Å². The van der Waals surface area contributed by atoms with E-state index in [2.05, 4.69) is 10.5 Å². The fourth-order valence-electron chi connectivity index (χ4n) is 1.87. The van der Waals surface area contributed by atoms with Crippen LogP contribution in [0.3, 0.4) is 0 Å². The minimum absolute atomic E-state index is 0.0569. The Balaban J connectivity index is 2.25. The fourth-order valence-corrected chi connectivity index (χ4v) is 1.87. The number of non-ortho nitro benzene ring substituents is 1. The number of phenolic OH excluding ortho intramolecular Hbond substituents is 1. The van der Waals surface area contributed by atoms with Gasteiger partial charge in [0, 0.05) is 11.6 Å². The molecule has 0 heterocycles. The number of nitro groups is 1. The molecule has 0 atom stereocenters. The summed E-state index contributed by atoms with van der Waals surface area (Å²) in [7, 11) is 1.27. The lowest BCUT2D eigenvalue weighted by atomic mass is 10.1. The Kier molecular flexibility index (Phi) is 4.95. The molecule has 9 nitrogen and oxygen atoms in total. The molecule has 0 aliphatic heterocycles. The van der Waals surface area contributed by atoms with Gasteiger partial charge in [0.1, 0.15) is 0 Å². The van der Waals surface area contributed by atoms with Crippen LogP contribution in [0.5, 0.6) is 11.5 Å². The zero-order chi connectivity index (χ0) is 17.7. The molecular weight excluding hydrogens is 318 g/mol. The number of carbonyl (C=O) groups is 1. The molecule has 0 aromatic heterocycles. The Morgan fingerprint density at radius 3 is 2.75 bits per heavy atom. The molecule has 24 heavy (non-hydrogen) atoms. The second-order valence-corrected chi connectivity index (χ2v) is 4.60. The highest BCUT2D eigenvalue weighted by atomic mass is 16.6. The largest absolute Gasteiger partial charge is 0.504 e. The fraction of sp³-hybridized carbons (Fsp3) is 0.0667. The van der Waals surface area contributed by atoms with Crippen molar-refractivity contribution in [3.8, 4) is 11.5 Å². The molecule has 0 aliphatic carbocycles. The molecule has 0 spiro atoms. The predicted molar refractivity (Wildman–Crippen MR) is 85.9 cm³/mol. The summed E-state index contributed by atoms with van der Waals surface area (Å²) in [4.78, 5) is 21.1. The topological polar surface area (TPSA) is 134 Å². The lowest BCUT2D eigenvalue weighted by Gasteiger charge is -2.06. The van der Waals surface area contributed by atoms with E-state index in [0.29, 0.717) is 5.69 Å². The number of benzene rings is 2. The zero-order valence-corrected chi connectivity index (χ0v) is 12.5. The number of hydrogen-bond acceptors (Lipinski definition) is 7. The number of hydrogen-bond donors (Lipinski definition) is 3. The van der Waals surface area contributed by atoms with Gasteiger partial charge in [0.05, 0.1) is 35.6 Å². The Hall–Kier alpha value is -3.62. The van der Waals surface area contributed by atoms with Gasteiger partial charge in [-0.2, -0.15) is 5.10 Å². The summed E-state index contributed by atoms with van der Waals surface area (Å²) in [6.07, 6.45) is 1.16. The standard InChI is InChI=1S/C15H13N3O6/c1-24-13-7-12(18(22)23)6-10(14(13)19)8-16-17-11-4-2-3-9(5-11)15(20)21/h2-8,17,19H,1H3,(H,20,21). The second kappa shape index (κ2) is 7.09. The molecule has 0 amide bonds. The highest BCUT2D eigenvalue weighted by Gasteiger charge is 2.15. The summed E-state index contributed by atoms with van der Waals surface area (Å²) in [6, 6.07) is 8.15. The minimum Gasteiger partial charge on any atom is -0.504 e. The van der Waals surface area contributed by atoms with Gasteiger partial charge in [-0.05, 0) is 18.2 Å². The van der Waals surface area contributed by atoms with E-state index in [1.165, 1.54) is 25.3 Å². The Morgan fingerprint density at radius 1 is 1.38 bits per heavy atom. The van der Waals surface area contributed by atoms with Crippen molar-refractivity contribution >= 4 is 23.6 Å². The van der Waals surface area contributed by atoms with Gasteiger partial charge in [-0.1, -0.05) is 6.07 Å². The van der Waals surface area contributed by atoms with Crippen LogP contribution in [-0.4, -0.2) is 34.4 Å². The van der Waals surface area contributed by atoms with Gasteiger partial charge < -0.3 is 14.9 Å². The number of anilines is 1. The van der Waals surface area contributed by atoms with Crippen molar-refractivity contribution in [2.24, 2.45) is 5.10 Å². The summed E-state index contributed by atoms with van der Waals surface area (Å²) in [6.45, 7) is 0. The molecule has 0 aliphatic rings. The average Bonchev–Trinajstić information content (AvgIpc) is 2.56. The molecule has 3 N–H and O–H groups in total. The van der Waals surface area contributed by atoms with Gasteiger partial charge in [0.15, 0.2) is 11.5 Å². The van der Waals surface area contributed by atoms with E-state index < -0.39 is 10.9 Å². The maximum atomic E-state index is 10.9. The number of phenols is 1. The van der Waals surface area contributed by atoms with Crippen LogP contribution in [0, 0.1) is 10.1 Å². The first kappa shape index (κ1) is 16.7. The number of methoxy groups -OCH3 is 1. The predicted octanol–water partition coefficient (Wildman–Crippen LogP) is 2.45. The van der Waals surface area contributed by atoms with Crippen molar-refractivity contribution in [2.45, 2.75) is 0 Å². The maximum Gasteiger partial charge on any atom is 0.335 e. The molecule has 9 heteroatoms. The van der Waals surface area contributed by atoms with Crippen LogP contribution in [0.4, 0.5) is 11.4 Å². The first-order chi connectivity index (χ1) is 11.4. The van der Waals surface area contributed by atoms with Crippen LogP contribution < -0.4 is 10.2 Å². The van der Waals surface area contributed by atoms with Gasteiger partial charge in [0.25, 0.3) is 5.69 Å². The van der Waals surface area contributed by atoms with E-state index in [0.717, 1.165) is 18.3 Å². The molecule has 0 unspecified atom stereocenters. The number of carboxylic acids is 1. The zero-order valence-electron chi connectivity index (χ0n) is 12.5. The number of nitrogens with one attached hydrogen (secondary N) is 1. The van der Waals surface area contributed by atoms with Crippen molar-refractivity contribution in [2.75, 3.05) is 12.5 Å². The number of nitrogens with zero attached hydrogens (tertiary/aromatic N) is 2. The summed E-state index contributed by atoms with van der Waals surface area (Å²) in [5, 5.41) is 33.6. The van der Waals surface area contributed by atoms with Gasteiger partial charge in [-0.3, -0.25) is 15.5 Å². The van der Waals surface area contributed by atoms with Crippen LogP contribution in [0.15, 0.2) is 41.5 Å². The summed E-state index contributed by atoms with van der Waals surface area (Å²) >= 11 is 0. The molecule has 0 saturated heterocycles. The van der Waals surface area contributed by atoms with E-state index in [-0.39, 0.29) is 28.3 Å². The van der Waals surface area contributed by atoms with Crippen LogP contribution in [-0.2, 0) is 0 Å². The third kappa shape index (κ3) is 3.77. The van der Waals surface area contributed by atoms with Crippen molar-refractivity contribution in [1.82, 2.24) is 0 Å². The molecule has 2 rings (SSSR count). The van der Waals surface area contributed by atoms with E-state index in [9.17, 15) is 20.0 Å². The van der Waals surface area contributed by atoms with Crippen molar-refractivity contribution < 1.29 is 24.7 Å². The van der Waals surface area contributed by atoms with Crippen molar-refractivity contribution in [3.05, 3.63) is 57.6 Å². The van der Waals surface area contributed by atoms with Crippen LogP contribution in [0.25, 0.3) is 0 Å². The normalized spacial score (nSPS) is 10.5. The third-order valence-corrected chi connectivity index (χ3v) is 3.03. The monoisotopic (exact) mass is 331 g/mol. The summed E-state index contributed by atoms with van der Waals surface area (Å²) < 4.78 is 4.88. The lowest BCUT2D eigenvalue weighted by molar-refractivity contribution is -0.385. The first-order valence-corrected chi connectivity index (χ1v) is 6.60. The molecule has 2 aromatic carbocycles. The lowest BCUT2D eigenvalue weighted by Crippen LogP contribution is -1.98. The van der Waals surface area contributed by atoms with Crippen molar-refractivity contribution in [3.63, 3.8) is 0 Å². The van der Waals surface area contributed by atoms with Crippen LogP contribution >= 0.6 is 0 Å². The van der Waals surface area contributed by atoms with Crippen molar-refractivity contribution in [1.29, 1.82) is 0 Å². The van der Waals surface area contributed by atoms with Gasteiger partial charge in [-0.15, -0.1) is 0 Å². The van der Waals surface area contributed by atoms with E-state index in [1.807, 2.05) is 0 Å². The smallest absolute Gasteiger partial charge is 0.335 e. The minimum atomic E-state index is -1.08. The molecule has 124 valence electrons. The molecular formula is C15H13N3O6. The highest BCUT2D eigenvalue weighted by molar-refractivity contribution is 5.89. The summed E-state index contributed by atoms with van der Waals surface area (Å²) in [5.74, 6) is -1.44. The second-order valence-electron chi connectivity index (χ2n) is 4.60. The van der Waals surface area contributed by atoms with E-state index in [4.69, 9.17) is 9.84 Å². The third-order valence-electron chi connectivity index (χ3n) is 3.03. The molecule has 0 fully saturated rings. The quantitative estimate of drug-likeness (QED) is 0.420. The molecule has 0 bridgehead atoms. The molecule has 2 aromatic rings. The van der Waals surface area contributed by atoms with E-state index >= 15 is 0 Å². The molecule has 0 radical (unpaired) electrons. The number of rotatable bonds is 6. The maximum absolute atomic E-state index is 10.9. The Morgan fingerprint density at radius 2 is 2.12 bits per heavy atom. The van der Waals surface area contributed by atoms with Crippen LogP contribution in [0.2, 0.25) is 0 Å². The number of aromatic carboxylic acids is 1. The van der Waals surface area contributed by atoms with Gasteiger partial charge >= 0.3 is 5.97 Å². The number of nitro benzene ring substituents is 1. The highest BCUT2D eigenvalue weighted by Crippen LogP contribution is 2.33. The number of hydrazone groups is 1. The van der Waals surface area contributed by atoms with Crippen LogP contribution in [0.1, 0.15) is 15.9 Å². The van der Waals surface area contributed by atoms with E-state index in [1.54, 1.807) is 6.07 Å². The SMILES string of the molecule is COc1cc([N+](=O)[O-])cc(C=NNc2cccc(C(=O)O)c2)c1O. The average molecular weight is 331 g/mol. The number of carboxylic acid groups (broad SMARTS) is 1.